The Bertz CT molecular complexity index is 450. The number of hydrogen-bond donors (Lipinski definition) is 2. The van der Waals surface area contributed by atoms with Crippen LogP contribution in [0.1, 0.15) is 10.5 Å². The zero-order chi connectivity index (χ0) is 9.26. The van der Waals surface area contributed by atoms with E-state index in [0.717, 1.165) is 0 Å². The lowest BCUT2D eigenvalue weighted by molar-refractivity contribution is 0.0899. The lowest BCUT2D eigenvalue weighted by Crippen LogP contribution is -2.06. The number of nitrogens with one attached hydrogen (secondary N) is 1. The molecule has 0 saturated carbocycles. The number of aromatic nitrogens is 4. The highest BCUT2D eigenvalue weighted by Crippen LogP contribution is 2.07. The normalized spacial score (nSPS) is 10.5. The van der Waals surface area contributed by atoms with Crippen molar-refractivity contribution < 1.29 is 9.90 Å². The Hall–Kier alpha value is -1.82. The standard InChI is InChI=1S/C7H6N4O2/c12-3-7(13)5-1-4-6(2-8-5)10-11-9-4/h1-2,12H,3H2,(H,9,10,11). The van der Waals surface area contributed by atoms with E-state index in [1.54, 1.807) is 0 Å². The Balaban J connectivity index is 2.54. The van der Waals surface area contributed by atoms with Crippen LogP contribution in [-0.2, 0) is 0 Å². The number of aliphatic hydroxyl groups is 1. The summed E-state index contributed by atoms with van der Waals surface area (Å²) in [5.41, 5.74) is 1.35. The van der Waals surface area contributed by atoms with E-state index >= 15 is 0 Å². The van der Waals surface area contributed by atoms with Gasteiger partial charge in [-0.15, -0.1) is 0 Å². The van der Waals surface area contributed by atoms with Crippen LogP contribution in [0.25, 0.3) is 11.0 Å². The third-order valence-electron chi connectivity index (χ3n) is 1.63. The minimum absolute atomic E-state index is 0.198. The molecule has 6 heteroatoms. The molecule has 0 aliphatic heterocycles. The molecule has 0 bridgehead atoms. The fourth-order valence-electron chi connectivity index (χ4n) is 0.979. The van der Waals surface area contributed by atoms with Crippen molar-refractivity contribution in [2.24, 2.45) is 0 Å². The molecular formula is C7H6N4O2. The predicted molar refractivity (Wildman–Crippen MR) is 43.1 cm³/mol. The number of nitrogens with zero attached hydrogens (tertiary/aromatic N) is 3. The van der Waals surface area contributed by atoms with Gasteiger partial charge in [-0.2, -0.15) is 15.4 Å². The molecule has 6 nitrogen and oxygen atoms in total. The lowest BCUT2D eigenvalue weighted by atomic mass is 10.2. The molecule has 0 fully saturated rings. The number of aromatic amines is 1. The largest absolute Gasteiger partial charge is 0.388 e. The maximum absolute atomic E-state index is 11.0. The second-order valence-electron chi connectivity index (χ2n) is 2.46. The molecule has 0 atom stereocenters. The van der Waals surface area contributed by atoms with E-state index in [1.807, 2.05) is 0 Å². The topological polar surface area (TPSA) is 91.8 Å². The molecule has 0 aliphatic rings. The number of hydrogen-bond acceptors (Lipinski definition) is 5. The maximum atomic E-state index is 11.0. The van der Waals surface area contributed by atoms with Gasteiger partial charge >= 0.3 is 0 Å². The van der Waals surface area contributed by atoms with Crippen molar-refractivity contribution in [1.29, 1.82) is 0 Å². The van der Waals surface area contributed by atoms with Crippen LogP contribution in [0.5, 0.6) is 0 Å². The molecule has 66 valence electrons. The Kier molecular flexibility index (Phi) is 1.75. The SMILES string of the molecule is O=C(CO)c1cc2n[nH]nc2cn1. The third-order valence-corrected chi connectivity index (χ3v) is 1.63. The van der Waals surface area contributed by atoms with E-state index in [2.05, 4.69) is 20.4 Å². The molecule has 2 N–H and O–H groups in total. The van der Waals surface area contributed by atoms with Crippen molar-refractivity contribution in [1.82, 2.24) is 20.4 Å². The van der Waals surface area contributed by atoms with Crippen LogP contribution in [-0.4, -0.2) is 37.9 Å². The highest BCUT2D eigenvalue weighted by atomic mass is 16.3. The van der Waals surface area contributed by atoms with Gasteiger partial charge in [-0.25, -0.2) is 0 Å². The molecular weight excluding hydrogens is 172 g/mol. The van der Waals surface area contributed by atoms with Gasteiger partial charge < -0.3 is 5.11 Å². The number of carbonyl (C=O) groups excluding carboxylic acids is 1. The summed E-state index contributed by atoms with van der Waals surface area (Å²) in [6.07, 6.45) is 1.43. The van der Waals surface area contributed by atoms with Crippen LogP contribution < -0.4 is 0 Å². The summed E-state index contributed by atoms with van der Waals surface area (Å²) in [6, 6.07) is 1.48. The van der Waals surface area contributed by atoms with Crippen molar-refractivity contribution in [3.05, 3.63) is 18.0 Å². The smallest absolute Gasteiger partial charge is 0.206 e. The molecule has 0 aromatic carbocycles. The average Bonchev–Trinajstić information content (AvgIpc) is 2.63. The van der Waals surface area contributed by atoms with Crippen LogP contribution in [0.3, 0.4) is 0 Å². The zero-order valence-electron chi connectivity index (χ0n) is 6.56. The highest BCUT2D eigenvalue weighted by molar-refractivity contribution is 5.97. The first-order valence-corrected chi connectivity index (χ1v) is 3.62. The monoisotopic (exact) mass is 178 g/mol. The number of carbonyl (C=O) groups is 1. The molecule has 13 heavy (non-hydrogen) atoms. The lowest BCUT2D eigenvalue weighted by Gasteiger charge is -1.93. The van der Waals surface area contributed by atoms with Crippen LogP contribution in [0, 0.1) is 0 Å². The number of Topliss-reactive ketones (excluding diaryl/α,β-unsaturated/α-hetero) is 1. The van der Waals surface area contributed by atoms with E-state index < -0.39 is 12.4 Å². The molecule has 0 aliphatic carbocycles. The van der Waals surface area contributed by atoms with Gasteiger partial charge in [0.1, 0.15) is 23.3 Å². The van der Waals surface area contributed by atoms with Crippen molar-refractivity contribution in [3.63, 3.8) is 0 Å². The summed E-state index contributed by atoms with van der Waals surface area (Å²) in [6.45, 7) is -0.545. The minimum Gasteiger partial charge on any atom is -0.388 e. The summed E-state index contributed by atoms with van der Waals surface area (Å²) in [5, 5.41) is 18.5. The molecule has 0 spiro atoms. The van der Waals surface area contributed by atoms with E-state index in [9.17, 15) is 4.79 Å². The fraction of sp³-hybridized carbons (Fsp3) is 0.143. The van der Waals surface area contributed by atoms with Gasteiger partial charge in [-0.05, 0) is 6.07 Å². The molecule has 2 aromatic rings. The molecule has 2 aromatic heterocycles. The Labute approximate surface area is 72.6 Å². The van der Waals surface area contributed by atoms with E-state index in [4.69, 9.17) is 5.11 Å². The Morgan fingerprint density at radius 3 is 3.00 bits per heavy atom. The molecule has 0 amide bonds. The number of aliphatic hydroxyl groups excluding tert-OH is 1. The number of ketones is 1. The second-order valence-corrected chi connectivity index (χ2v) is 2.46. The van der Waals surface area contributed by atoms with Gasteiger partial charge in [0.2, 0.25) is 5.78 Å². The average molecular weight is 178 g/mol. The molecule has 2 heterocycles. The fourth-order valence-corrected chi connectivity index (χ4v) is 0.979. The Morgan fingerprint density at radius 1 is 1.46 bits per heavy atom. The molecule has 2 rings (SSSR count). The third kappa shape index (κ3) is 1.27. The molecule has 0 radical (unpaired) electrons. The van der Waals surface area contributed by atoms with Crippen LogP contribution in [0.15, 0.2) is 12.3 Å². The van der Waals surface area contributed by atoms with Crippen LogP contribution in [0.2, 0.25) is 0 Å². The van der Waals surface area contributed by atoms with Crippen LogP contribution >= 0.6 is 0 Å². The maximum Gasteiger partial charge on any atom is 0.206 e. The van der Waals surface area contributed by atoms with E-state index in [0.29, 0.717) is 11.0 Å². The van der Waals surface area contributed by atoms with Gasteiger partial charge in [-0.1, -0.05) is 0 Å². The van der Waals surface area contributed by atoms with Gasteiger partial charge in [0, 0.05) is 0 Å². The van der Waals surface area contributed by atoms with Gasteiger partial charge in [0.25, 0.3) is 0 Å². The first kappa shape index (κ1) is 7.81. The summed E-state index contributed by atoms with van der Waals surface area (Å²) < 4.78 is 0. The van der Waals surface area contributed by atoms with Crippen molar-refractivity contribution in [2.45, 2.75) is 0 Å². The van der Waals surface area contributed by atoms with Crippen molar-refractivity contribution in [3.8, 4) is 0 Å². The summed E-state index contributed by atoms with van der Waals surface area (Å²) in [7, 11) is 0. The second kappa shape index (κ2) is 2.91. The minimum atomic E-state index is -0.545. The summed E-state index contributed by atoms with van der Waals surface area (Å²) in [5.74, 6) is -0.426. The summed E-state index contributed by atoms with van der Waals surface area (Å²) in [4.78, 5) is 14.8. The van der Waals surface area contributed by atoms with Crippen LogP contribution in [0.4, 0.5) is 0 Å². The highest BCUT2D eigenvalue weighted by Gasteiger charge is 2.07. The number of pyridine rings is 1. The zero-order valence-corrected chi connectivity index (χ0v) is 6.56. The number of rotatable bonds is 2. The Morgan fingerprint density at radius 2 is 2.23 bits per heavy atom. The van der Waals surface area contributed by atoms with E-state index in [-0.39, 0.29) is 5.69 Å². The number of fused-ring (bicyclic) bond motifs is 1. The van der Waals surface area contributed by atoms with Gasteiger partial charge in [0.05, 0.1) is 6.20 Å². The van der Waals surface area contributed by atoms with Crippen molar-refractivity contribution in [2.75, 3.05) is 6.61 Å². The molecule has 0 saturated heterocycles. The first-order valence-electron chi connectivity index (χ1n) is 3.62. The predicted octanol–water partition coefficient (Wildman–Crippen LogP) is -0.472. The first-order chi connectivity index (χ1) is 6.31. The quantitative estimate of drug-likeness (QED) is 0.606. The van der Waals surface area contributed by atoms with Crippen molar-refractivity contribution >= 4 is 16.8 Å². The molecule has 0 unspecified atom stereocenters. The van der Waals surface area contributed by atoms with Gasteiger partial charge in [0.15, 0.2) is 0 Å². The van der Waals surface area contributed by atoms with E-state index in [1.165, 1.54) is 12.3 Å². The summed E-state index contributed by atoms with van der Waals surface area (Å²) >= 11 is 0. The van der Waals surface area contributed by atoms with Gasteiger partial charge in [-0.3, -0.25) is 9.78 Å². The number of H-pyrrole nitrogens is 1.